The number of halogens is 2. The maximum absolute atomic E-state index is 12.9. The number of benzene rings is 1. The molecular weight excluding hydrogens is 179 g/mol. The molecule has 0 bridgehead atoms. The maximum Gasteiger partial charge on any atom is 0.144 e. The highest BCUT2D eigenvalue weighted by Gasteiger charge is 2.07. The van der Waals surface area contributed by atoms with Crippen LogP contribution in [0.2, 0.25) is 5.02 Å². The summed E-state index contributed by atoms with van der Waals surface area (Å²) < 4.78 is 14.5. The molecule has 12 heavy (non-hydrogen) atoms. The first-order valence-corrected chi connectivity index (χ1v) is 3.83. The van der Waals surface area contributed by atoms with Crippen molar-refractivity contribution in [2.45, 2.75) is 0 Å². The summed E-state index contributed by atoms with van der Waals surface area (Å²) in [7, 11) is 1.73. The number of rotatable bonds is 0. The summed E-state index contributed by atoms with van der Waals surface area (Å²) in [6, 6.07) is 3.00. The van der Waals surface area contributed by atoms with Gasteiger partial charge in [-0.2, -0.15) is 5.10 Å². The Labute approximate surface area is 73.6 Å². The van der Waals surface area contributed by atoms with Crippen LogP contribution in [0.3, 0.4) is 0 Å². The molecule has 0 unspecified atom stereocenters. The molecule has 0 atom stereocenters. The van der Waals surface area contributed by atoms with Crippen molar-refractivity contribution >= 4 is 22.5 Å². The van der Waals surface area contributed by atoms with Gasteiger partial charge in [0.2, 0.25) is 0 Å². The maximum atomic E-state index is 12.9. The van der Waals surface area contributed by atoms with Crippen molar-refractivity contribution in [3.05, 3.63) is 29.2 Å². The Hall–Kier alpha value is -1.09. The molecule has 2 nitrogen and oxygen atoms in total. The summed E-state index contributed by atoms with van der Waals surface area (Å²) in [5.41, 5.74) is 0.636. The number of fused-ring (bicyclic) bond motifs is 1. The summed E-state index contributed by atoms with van der Waals surface area (Å²) in [5, 5.41) is 4.95. The third kappa shape index (κ3) is 0.898. The lowest BCUT2D eigenvalue weighted by molar-refractivity contribution is 0.628. The second-order valence-electron chi connectivity index (χ2n) is 2.57. The molecule has 0 aliphatic carbocycles. The minimum atomic E-state index is -0.409. The monoisotopic (exact) mass is 184 g/mol. The van der Waals surface area contributed by atoms with Crippen LogP contribution < -0.4 is 0 Å². The van der Waals surface area contributed by atoms with Crippen molar-refractivity contribution in [2.24, 2.45) is 7.05 Å². The fourth-order valence-electron chi connectivity index (χ4n) is 1.19. The van der Waals surface area contributed by atoms with E-state index in [-0.39, 0.29) is 5.02 Å². The van der Waals surface area contributed by atoms with Gasteiger partial charge in [-0.05, 0) is 12.1 Å². The molecule has 4 heteroatoms. The van der Waals surface area contributed by atoms with E-state index in [2.05, 4.69) is 5.10 Å². The van der Waals surface area contributed by atoms with Gasteiger partial charge < -0.3 is 0 Å². The molecule has 1 heterocycles. The molecule has 0 radical (unpaired) electrons. The predicted octanol–water partition coefficient (Wildman–Crippen LogP) is 2.37. The van der Waals surface area contributed by atoms with E-state index in [9.17, 15) is 4.39 Å². The van der Waals surface area contributed by atoms with E-state index >= 15 is 0 Å². The molecule has 0 spiro atoms. The van der Waals surface area contributed by atoms with Gasteiger partial charge in [0, 0.05) is 12.4 Å². The minimum absolute atomic E-state index is 0.132. The second-order valence-corrected chi connectivity index (χ2v) is 2.95. The topological polar surface area (TPSA) is 17.8 Å². The first kappa shape index (κ1) is 7.55. The van der Waals surface area contributed by atoms with Gasteiger partial charge in [-0.25, -0.2) is 4.39 Å². The van der Waals surface area contributed by atoms with Gasteiger partial charge in [0.15, 0.2) is 0 Å². The average molecular weight is 185 g/mol. The molecule has 2 rings (SSSR count). The van der Waals surface area contributed by atoms with E-state index in [1.54, 1.807) is 24.0 Å². The van der Waals surface area contributed by atoms with Crippen molar-refractivity contribution in [1.82, 2.24) is 9.78 Å². The lowest BCUT2D eigenvalue weighted by Gasteiger charge is -1.97. The van der Waals surface area contributed by atoms with E-state index in [1.807, 2.05) is 0 Å². The van der Waals surface area contributed by atoms with E-state index < -0.39 is 5.82 Å². The highest BCUT2D eigenvalue weighted by molar-refractivity contribution is 6.35. The Kier molecular flexibility index (Phi) is 1.54. The number of aryl methyl sites for hydroxylation is 1. The molecule has 0 saturated heterocycles. The molecule has 1 aromatic carbocycles. The minimum Gasteiger partial charge on any atom is -0.266 e. The summed E-state index contributed by atoms with van der Waals surface area (Å²) in [5.74, 6) is -0.409. The van der Waals surface area contributed by atoms with Crippen LogP contribution in [0.25, 0.3) is 10.9 Å². The summed E-state index contributed by atoms with van der Waals surface area (Å²) >= 11 is 5.74. The first-order valence-electron chi connectivity index (χ1n) is 3.46. The zero-order valence-corrected chi connectivity index (χ0v) is 7.14. The van der Waals surface area contributed by atoms with Gasteiger partial charge >= 0.3 is 0 Å². The highest BCUT2D eigenvalue weighted by atomic mass is 35.5. The van der Waals surface area contributed by atoms with Gasteiger partial charge in [0.1, 0.15) is 10.8 Å². The molecule has 0 fully saturated rings. The van der Waals surface area contributed by atoms with Gasteiger partial charge in [-0.1, -0.05) is 11.6 Å². The molecule has 0 saturated carbocycles. The van der Waals surface area contributed by atoms with Crippen LogP contribution in [0.1, 0.15) is 0 Å². The van der Waals surface area contributed by atoms with Gasteiger partial charge in [-0.15, -0.1) is 0 Å². The fraction of sp³-hybridized carbons (Fsp3) is 0.125. The fourth-order valence-corrected chi connectivity index (χ4v) is 1.49. The Bertz CT molecular complexity index is 436. The predicted molar refractivity (Wildman–Crippen MR) is 45.7 cm³/mol. The summed E-state index contributed by atoms with van der Waals surface area (Å²) in [4.78, 5) is 0. The van der Waals surface area contributed by atoms with Crippen molar-refractivity contribution in [3.63, 3.8) is 0 Å². The van der Waals surface area contributed by atoms with Crippen molar-refractivity contribution < 1.29 is 4.39 Å². The molecule has 62 valence electrons. The van der Waals surface area contributed by atoms with Crippen LogP contribution >= 0.6 is 11.6 Å². The van der Waals surface area contributed by atoms with Crippen LogP contribution in [0.4, 0.5) is 4.39 Å². The lowest BCUT2D eigenvalue weighted by Crippen LogP contribution is -1.90. The molecular formula is C8H6ClFN2. The molecule has 0 N–H and O–H groups in total. The van der Waals surface area contributed by atoms with Crippen LogP contribution in [0.5, 0.6) is 0 Å². The van der Waals surface area contributed by atoms with Crippen molar-refractivity contribution in [1.29, 1.82) is 0 Å². The lowest BCUT2D eigenvalue weighted by atomic mass is 10.2. The third-order valence-electron chi connectivity index (χ3n) is 1.79. The standard InChI is InChI=1S/C8H6ClFN2/c1-12-8-5(4-11-12)2-3-6(10)7(8)9/h2-4H,1H3. The van der Waals surface area contributed by atoms with Crippen LogP contribution in [-0.2, 0) is 7.05 Å². The third-order valence-corrected chi connectivity index (χ3v) is 2.15. The summed E-state index contributed by atoms with van der Waals surface area (Å²) in [6.07, 6.45) is 1.65. The molecule has 2 aromatic rings. The molecule has 1 aromatic heterocycles. The highest BCUT2D eigenvalue weighted by Crippen LogP contribution is 2.25. The molecule has 0 aliphatic rings. The van der Waals surface area contributed by atoms with E-state index in [1.165, 1.54) is 6.07 Å². The Morgan fingerprint density at radius 2 is 2.25 bits per heavy atom. The van der Waals surface area contributed by atoms with Gasteiger partial charge in [-0.3, -0.25) is 4.68 Å². The number of hydrogen-bond donors (Lipinski definition) is 0. The Morgan fingerprint density at radius 3 is 3.00 bits per heavy atom. The van der Waals surface area contributed by atoms with Crippen molar-refractivity contribution in [3.8, 4) is 0 Å². The largest absolute Gasteiger partial charge is 0.266 e. The van der Waals surface area contributed by atoms with Crippen LogP contribution in [0, 0.1) is 5.82 Å². The quantitative estimate of drug-likeness (QED) is 0.615. The first-order chi connectivity index (χ1) is 5.70. The molecule has 0 amide bonds. The number of nitrogens with zero attached hydrogens (tertiary/aromatic N) is 2. The Balaban J connectivity index is 2.96. The molecule has 0 aliphatic heterocycles. The van der Waals surface area contributed by atoms with Crippen LogP contribution in [0.15, 0.2) is 18.3 Å². The Morgan fingerprint density at radius 1 is 1.50 bits per heavy atom. The zero-order chi connectivity index (χ0) is 8.72. The van der Waals surface area contributed by atoms with E-state index in [0.717, 1.165) is 5.39 Å². The zero-order valence-electron chi connectivity index (χ0n) is 6.38. The summed E-state index contributed by atoms with van der Waals surface area (Å²) in [6.45, 7) is 0. The average Bonchev–Trinajstić information content (AvgIpc) is 2.41. The van der Waals surface area contributed by atoms with Crippen molar-refractivity contribution in [2.75, 3.05) is 0 Å². The smallest absolute Gasteiger partial charge is 0.144 e. The van der Waals surface area contributed by atoms with E-state index in [0.29, 0.717) is 5.52 Å². The SMILES string of the molecule is Cn1ncc2ccc(F)c(Cl)c21. The van der Waals surface area contributed by atoms with Gasteiger partial charge in [0.25, 0.3) is 0 Å². The number of aromatic nitrogens is 2. The number of hydrogen-bond acceptors (Lipinski definition) is 1. The second kappa shape index (κ2) is 2.45. The normalized spacial score (nSPS) is 10.9. The van der Waals surface area contributed by atoms with Crippen LogP contribution in [-0.4, -0.2) is 9.78 Å². The van der Waals surface area contributed by atoms with E-state index in [4.69, 9.17) is 11.6 Å². The van der Waals surface area contributed by atoms with Gasteiger partial charge in [0.05, 0.1) is 11.7 Å².